The van der Waals surface area contributed by atoms with Gasteiger partial charge in [0.05, 0.1) is 65.2 Å². The number of quaternary nitrogens is 3. The monoisotopic (exact) mass is 581 g/mol. The average Bonchev–Trinajstić information content (AvgIpc) is 2.87. The molecule has 4 fully saturated rings. The second-order valence-electron chi connectivity index (χ2n) is 22.1. The van der Waals surface area contributed by atoms with Crippen LogP contribution < -0.4 is 0 Å². The number of fused-ring (bicyclic) bond motifs is 1. The van der Waals surface area contributed by atoms with Crippen molar-refractivity contribution in [3.05, 3.63) is 0 Å². The standard InChI is InChI=1S/C17H34N.C14H30N.C7H18N/c1-14(2,3)11-12-13-16(6,7)18(10,15(12,4)5)17(13,8)9;1-12(2,3)10-11-13(4,5)15(8,9)14(11,6)7;1-7(2,3)8(4,5)6/h12-13H,11H2,1-10H3;11H,10H2,1-9H3;1-6H3/q3*+1. The van der Waals surface area contributed by atoms with Crippen molar-refractivity contribution in [2.24, 2.45) is 28.6 Å². The lowest BCUT2D eigenvalue weighted by Gasteiger charge is -2.71. The third-order valence-electron chi connectivity index (χ3n) is 14.5. The van der Waals surface area contributed by atoms with E-state index in [1.807, 2.05) is 0 Å². The van der Waals surface area contributed by atoms with Crippen LogP contribution in [0.15, 0.2) is 0 Å². The molecule has 0 aromatic carbocycles. The number of likely N-dealkylation sites (tertiary alicyclic amines) is 1. The highest BCUT2D eigenvalue weighted by molar-refractivity contribution is 5.18. The Morgan fingerprint density at radius 3 is 1.00 bits per heavy atom. The minimum absolute atomic E-state index is 0.375. The predicted octanol–water partition coefficient (Wildman–Crippen LogP) is 9.64. The molecule has 0 radical (unpaired) electrons. The SMILES string of the molecule is CC(C)(C)CC1C(C)(C)[N+](C)(C)C1(C)C.CC(C)(C)CC1C2C(C)(C)[N+](C)(C1(C)C)C2(C)C.CC(C)(C)[N+](C)(C)C. The summed E-state index contributed by atoms with van der Waals surface area (Å²) in [4.78, 5) is 0. The second kappa shape index (κ2) is 10.2. The number of rotatable bonds is 2. The van der Waals surface area contributed by atoms with Gasteiger partial charge in [0, 0.05) is 5.92 Å². The van der Waals surface area contributed by atoms with Crippen LogP contribution in [0.5, 0.6) is 0 Å². The molecule has 4 aliphatic heterocycles. The van der Waals surface area contributed by atoms with Gasteiger partial charge in [0.25, 0.3) is 0 Å². The van der Waals surface area contributed by atoms with Gasteiger partial charge in [-0.2, -0.15) is 0 Å². The van der Waals surface area contributed by atoms with Gasteiger partial charge in [0.2, 0.25) is 0 Å². The van der Waals surface area contributed by atoms with Crippen LogP contribution in [0.3, 0.4) is 0 Å². The zero-order chi connectivity index (χ0) is 33.6. The molecule has 4 aliphatic rings. The maximum atomic E-state index is 2.51. The van der Waals surface area contributed by atoms with Crippen LogP contribution in [0.1, 0.15) is 144 Å². The highest BCUT2D eigenvalue weighted by Gasteiger charge is 2.86. The Bertz CT molecular complexity index is 871. The Hall–Kier alpha value is -0.120. The third kappa shape index (κ3) is 5.97. The second-order valence-corrected chi connectivity index (χ2v) is 22.1. The van der Waals surface area contributed by atoms with E-state index in [4.69, 9.17) is 0 Å². The van der Waals surface area contributed by atoms with Crippen molar-refractivity contribution in [1.82, 2.24) is 0 Å². The van der Waals surface area contributed by atoms with E-state index in [0.29, 0.717) is 44.1 Å². The smallest absolute Gasteiger partial charge is 0.104 e. The summed E-state index contributed by atoms with van der Waals surface area (Å²) in [6, 6.07) is 0. The molecule has 4 saturated heterocycles. The van der Waals surface area contributed by atoms with Crippen LogP contribution in [0.4, 0.5) is 0 Å². The first-order valence-corrected chi connectivity index (χ1v) is 16.8. The van der Waals surface area contributed by atoms with E-state index >= 15 is 0 Å². The zero-order valence-electron chi connectivity index (χ0n) is 33.5. The Balaban J connectivity index is 0.000000331. The van der Waals surface area contributed by atoms with Gasteiger partial charge in [-0.25, -0.2) is 0 Å². The average molecular weight is 581 g/mol. The maximum Gasteiger partial charge on any atom is 0.104 e. The summed E-state index contributed by atoms with van der Waals surface area (Å²) in [5.41, 5.74) is 3.34. The molecule has 41 heavy (non-hydrogen) atoms. The van der Waals surface area contributed by atoms with E-state index < -0.39 is 0 Å². The third-order valence-corrected chi connectivity index (χ3v) is 14.5. The van der Waals surface area contributed by atoms with Crippen LogP contribution in [-0.2, 0) is 0 Å². The molecule has 3 heteroatoms. The van der Waals surface area contributed by atoms with Crippen molar-refractivity contribution in [3.8, 4) is 0 Å². The summed E-state index contributed by atoms with van der Waals surface area (Å²) in [5.74, 6) is 2.51. The molecule has 0 aromatic heterocycles. The fraction of sp³-hybridized carbons (Fsp3) is 1.00. The highest BCUT2D eigenvalue weighted by atomic mass is 15.6. The molecule has 4 heterocycles. The van der Waals surface area contributed by atoms with Crippen LogP contribution in [0.25, 0.3) is 0 Å². The predicted molar refractivity (Wildman–Crippen MR) is 185 cm³/mol. The highest BCUT2D eigenvalue weighted by Crippen LogP contribution is 2.73. The molecule has 0 N–H and O–H groups in total. The van der Waals surface area contributed by atoms with E-state index in [9.17, 15) is 0 Å². The van der Waals surface area contributed by atoms with E-state index in [1.165, 1.54) is 17.3 Å². The Morgan fingerprint density at radius 2 is 0.805 bits per heavy atom. The summed E-state index contributed by atoms with van der Waals surface area (Å²) >= 11 is 0. The first-order chi connectivity index (χ1) is 17.3. The number of hydrogen-bond donors (Lipinski definition) is 0. The maximum absolute atomic E-state index is 2.51. The van der Waals surface area contributed by atoms with E-state index in [0.717, 1.165) is 26.7 Å². The first kappa shape index (κ1) is 38.9. The van der Waals surface area contributed by atoms with Crippen LogP contribution in [-0.4, -0.2) is 89.0 Å². The van der Waals surface area contributed by atoms with Gasteiger partial charge in [-0.1, -0.05) is 41.5 Å². The summed E-state index contributed by atoms with van der Waals surface area (Å²) in [7, 11) is 13.9. The Kier molecular flexibility index (Phi) is 9.68. The molecule has 0 spiro atoms. The van der Waals surface area contributed by atoms with Crippen molar-refractivity contribution in [1.29, 1.82) is 0 Å². The zero-order valence-corrected chi connectivity index (χ0v) is 33.5. The van der Waals surface area contributed by atoms with Crippen molar-refractivity contribution in [3.63, 3.8) is 0 Å². The van der Waals surface area contributed by atoms with Crippen molar-refractivity contribution < 1.29 is 13.4 Å². The molecule has 1 atom stereocenters. The largest absolute Gasteiger partial charge is 0.327 e. The fourth-order valence-electron chi connectivity index (χ4n) is 9.77. The first-order valence-electron chi connectivity index (χ1n) is 16.8. The fourth-order valence-corrected chi connectivity index (χ4v) is 9.77. The molecule has 3 nitrogen and oxygen atoms in total. The molecular weight excluding hydrogens is 498 g/mol. The minimum Gasteiger partial charge on any atom is -0.327 e. The van der Waals surface area contributed by atoms with E-state index in [-0.39, 0.29) is 0 Å². The summed E-state index contributed by atoms with van der Waals surface area (Å²) in [6.07, 6.45) is 2.68. The molecule has 0 amide bonds. The lowest BCUT2D eigenvalue weighted by Crippen LogP contribution is -2.84. The molecule has 2 bridgehead atoms. The van der Waals surface area contributed by atoms with Crippen LogP contribution in [0.2, 0.25) is 0 Å². The Labute approximate surface area is 261 Å². The van der Waals surface area contributed by atoms with Gasteiger partial charge in [-0.05, 0) is 114 Å². The molecular formula is C38H82N3+3. The summed E-state index contributed by atoms with van der Waals surface area (Å²) in [6.45, 7) is 45.7. The van der Waals surface area contributed by atoms with Crippen LogP contribution >= 0.6 is 0 Å². The molecule has 1 unspecified atom stereocenters. The molecule has 246 valence electrons. The topological polar surface area (TPSA) is 0 Å². The molecule has 0 aromatic rings. The van der Waals surface area contributed by atoms with Crippen molar-refractivity contribution in [2.45, 2.75) is 178 Å². The lowest BCUT2D eigenvalue weighted by molar-refractivity contribution is -1.06. The summed E-state index contributed by atoms with van der Waals surface area (Å²) < 4.78 is 3.40. The Morgan fingerprint density at radius 1 is 0.512 bits per heavy atom. The molecule has 0 aliphatic carbocycles. The molecule has 4 rings (SSSR count). The van der Waals surface area contributed by atoms with Gasteiger partial charge >= 0.3 is 0 Å². The normalized spacial score (nSPS) is 32.4. The van der Waals surface area contributed by atoms with Gasteiger partial charge in [0.1, 0.15) is 22.2 Å². The summed E-state index contributed by atoms with van der Waals surface area (Å²) in [5, 5.41) is 0. The van der Waals surface area contributed by atoms with Crippen molar-refractivity contribution >= 4 is 0 Å². The number of nitrogens with zero attached hydrogens (tertiary/aromatic N) is 3. The van der Waals surface area contributed by atoms with E-state index in [2.05, 4.69) is 174 Å². The lowest BCUT2D eigenvalue weighted by atomic mass is 9.56. The van der Waals surface area contributed by atoms with Gasteiger partial charge in [-0.15, -0.1) is 0 Å². The van der Waals surface area contributed by atoms with Gasteiger partial charge < -0.3 is 13.4 Å². The van der Waals surface area contributed by atoms with Gasteiger partial charge in [0.15, 0.2) is 0 Å². The molecule has 0 saturated carbocycles. The number of hydrogen-bond acceptors (Lipinski definition) is 0. The van der Waals surface area contributed by atoms with Crippen molar-refractivity contribution in [2.75, 3.05) is 42.3 Å². The van der Waals surface area contributed by atoms with Gasteiger partial charge in [-0.3, -0.25) is 0 Å². The van der Waals surface area contributed by atoms with Crippen LogP contribution in [0, 0.1) is 28.6 Å². The minimum atomic E-state index is 0.375. The van der Waals surface area contributed by atoms with E-state index in [1.54, 1.807) is 0 Å². The quantitative estimate of drug-likeness (QED) is 0.285.